The van der Waals surface area contributed by atoms with Gasteiger partial charge in [-0.05, 0) is 25.1 Å². The van der Waals surface area contributed by atoms with E-state index in [1.165, 1.54) is 22.7 Å². The van der Waals surface area contributed by atoms with Gasteiger partial charge in [0.2, 0.25) is 0 Å². The minimum atomic E-state index is -1.26. The normalized spacial score (nSPS) is 11.0. The van der Waals surface area contributed by atoms with E-state index < -0.39 is 28.9 Å². The number of halogens is 3. The Morgan fingerprint density at radius 1 is 1.17 bits per heavy atom. The van der Waals surface area contributed by atoms with Crippen molar-refractivity contribution in [3.05, 3.63) is 64.9 Å². The average Bonchev–Trinajstić information content (AvgIpc) is 3.40. The molecule has 1 N–H and O–H groups in total. The fourth-order valence-electron chi connectivity index (χ4n) is 2.79. The van der Waals surface area contributed by atoms with Crippen molar-refractivity contribution in [2.45, 2.75) is 13.5 Å². The Hall–Kier alpha value is -2.98. The van der Waals surface area contributed by atoms with Gasteiger partial charge in [-0.2, -0.15) is 5.10 Å². The van der Waals surface area contributed by atoms with Crippen LogP contribution in [0.1, 0.15) is 17.3 Å². The summed E-state index contributed by atoms with van der Waals surface area (Å²) in [7, 11) is 0. The summed E-state index contributed by atoms with van der Waals surface area (Å²) in [4.78, 5) is 17.3. The molecule has 0 aliphatic heterocycles. The zero-order valence-electron chi connectivity index (χ0n) is 14.9. The monoisotopic (exact) mass is 434 g/mol. The molecule has 0 spiro atoms. The number of carbonyl (C=O) groups is 1. The van der Waals surface area contributed by atoms with Gasteiger partial charge in [-0.15, -0.1) is 22.7 Å². The number of nitrogens with zero attached hydrogens (tertiary/aromatic N) is 3. The van der Waals surface area contributed by atoms with Crippen molar-refractivity contribution in [1.82, 2.24) is 14.8 Å². The second-order valence-electron chi connectivity index (χ2n) is 5.93. The van der Waals surface area contributed by atoms with Crippen molar-refractivity contribution < 1.29 is 18.0 Å². The summed E-state index contributed by atoms with van der Waals surface area (Å²) in [5.41, 5.74) is 0.750. The molecule has 0 aliphatic carbocycles. The Kier molecular flexibility index (Phi) is 5.20. The van der Waals surface area contributed by atoms with Crippen LogP contribution in [0.25, 0.3) is 21.3 Å². The molecule has 0 saturated carbocycles. The third-order valence-electron chi connectivity index (χ3n) is 4.06. The van der Waals surface area contributed by atoms with Gasteiger partial charge in [0.05, 0.1) is 15.6 Å². The van der Waals surface area contributed by atoms with Gasteiger partial charge < -0.3 is 5.32 Å². The highest BCUT2D eigenvalue weighted by atomic mass is 32.1. The van der Waals surface area contributed by atoms with Gasteiger partial charge in [-0.3, -0.25) is 9.48 Å². The van der Waals surface area contributed by atoms with E-state index in [4.69, 9.17) is 0 Å². The highest BCUT2D eigenvalue weighted by Gasteiger charge is 2.20. The molecular weight excluding hydrogens is 421 g/mol. The van der Waals surface area contributed by atoms with Gasteiger partial charge in [-0.25, -0.2) is 18.2 Å². The molecule has 0 unspecified atom stereocenters. The Bertz CT molecular complexity index is 1160. The molecule has 5 nitrogen and oxygen atoms in total. The number of anilines is 1. The van der Waals surface area contributed by atoms with Gasteiger partial charge >= 0.3 is 0 Å². The molecule has 3 aromatic heterocycles. The Morgan fingerprint density at radius 2 is 1.93 bits per heavy atom. The molecule has 29 heavy (non-hydrogen) atoms. The van der Waals surface area contributed by atoms with Crippen molar-refractivity contribution >= 4 is 33.6 Å². The zero-order chi connectivity index (χ0) is 20.5. The molecule has 0 bridgehead atoms. The Morgan fingerprint density at radius 3 is 2.59 bits per heavy atom. The number of hydrogen-bond donors (Lipinski definition) is 1. The van der Waals surface area contributed by atoms with Crippen LogP contribution in [0.15, 0.2) is 41.9 Å². The molecule has 0 fully saturated rings. The van der Waals surface area contributed by atoms with Gasteiger partial charge in [-0.1, -0.05) is 0 Å². The van der Waals surface area contributed by atoms with Crippen LogP contribution in [0, 0.1) is 17.5 Å². The standard InChI is InChI=1S/C19H13F3N4OS2/c1-2-26-14(9-13(25-26)19-23-5-6-28-19)15-3-4-16(29-15)24-18(27)17-11(21)7-10(20)8-12(17)22/h3-9H,2H2,1H3,(H,24,27). The van der Waals surface area contributed by atoms with Gasteiger partial charge in [0.1, 0.15) is 33.7 Å². The van der Waals surface area contributed by atoms with E-state index in [0.29, 0.717) is 23.7 Å². The first-order valence-electron chi connectivity index (χ1n) is 8.50. The topological polar surface area (TPSA) is 59.8 Å². The summed E-state index contributed by atoms with van der Waals surface area (Å²) in [6, 6.07) is 6.26. The van der Waals surface area contributed by atoms with Gasteiger partial charge in [0.25, 0.3) is 5.91 Å². The number of aryl methyl sites for hydroxylation is 1. The largest absolute Gasteiger partial charge is 0.313 e. The average molecular weight is 434 g/mol. The molecule has 3 heterocycles. The third kappa shape index (κ3) is 3.81. The lowest BCUT2D eigenvalue weighted by Gasteiger charge is -2.05. The van der Waals surface area contributed by atoms with Gasteiger partial charge in [0, 0.05) is 30.3 Å². The number of carbonyl (C=O) groups excluding carboxylic acids is 1. The smallest absolute Gasteiger partial charge is 0.262 e. The van der Waals surface area contributed by atoms with Crippen LogP contribution in [0.3, 0.4) is 0 Å². The molecule has 0 radical (unpaired) electrons. The highest BCUT2D eigenvalue weighted by Crippen LogP contribution is 2.34. The summed E-state index contributed by atoms with van der Waals surface area (Å²) in [6.07, 6.45) is 1.71. The van der Waals surface area contributed by atoms with E-state index in [1.807, 2.05) is 23.1 Å². The van der Waals surface area contributed by atoms with E-state index in [0.717, 1.165) is 21.3 Å². The summed E-state index contributed by atoms with van der Waals surface area (Å²) in [6.45, 7) is 2.59. The molecule has 1 amide bonds. The Labute approximate surface area is 171 Å². The maximum atomic E-state index is 13.8. The lowest BCUT2D eigenvalue weighted by Crippen LogP contribution is -2.15. The predicted molar refractivity (Wildman–Crippen MR) is 107 cm³/mol. The first kappa shape index (κ1) is 19.3. The van der Waals surface area contributed by atoms with Crippen LogP contribution >= 0.6 is 22.7 Å². The fourth-order valence-corrected chi connectivity index (χ4v) is 4.30. The maximum Gasteiger partial charge on any atom is 0.262 e. The lowest BCUT2D eigenvalue weighted by atomic mass is 10.2. The van der Waals surface area contributed by atoms with E-state index in [1.54, 1.807) is 18.3 Å². The molecule has 0 atom stereocenters. The summed E-state index contributed by atoms with van der Waals surface area (Å²) >= 11 is 2.72. The molecule has 1 aromatic carbocycles. The summed E-state index contributed by atoms with van der Waals surface area (Å²) < 4.78 is 42.5. The van der Waals surface area contributed by atoms with Crippen LogP contribution in [0.4, 0.5) is 18.2 Å². The first-order chi connectivity index (χ1) is 14.0. The number of nitrogens with one attached hydrogen (secondary N) is 1. The van der Waals surface area contributed by atoms with E-state index >= 15 is 0 Å². The minimum absolute atomic E-state index is 0.396. The third-order valence-corrected chi connectivity index (χ3v) is 5.88. The number of amides is 1. The number of aromatic nitrogens is 3. The molecule has 10 heteroatoms. The number of thiophene rings is 1. The summed E-state index contributed by atoms with van der Waals surface area (Å²) in [5, 5.41) is 10.1. The highest BCUT2D eigenvalue weighted by molar-refractivity contribution is 7.19. The second-order valence-corrected chi connectivity index (χ2v) is 7.91. The fraction of sp³-hybridized carbons (Fsp3) is 0.105. The first-order valence-corrected chi connectivity index (χ1v) is 10.2. The second kappa shape index (κ2) is 7.80. The van der Waals surface area contributed by atoms with Crippen LogP contribution in [0.2, 0.25) is 0 Å². The SMILES string of the molecule is CCn1nc(-c2nccs2)cc1-c1ccc(NC(=O)c2c(F)cc(F)cc2F)s1. The van der Waals surface area contributed by atoms with Crippen LogP contribution < -0.4 is 5.32 Å². The molecule has 0 saturated heterocycles. The van der Waals surface area contributed by atoms with Crippen molar-refractivity contribution in [1.29, 1.82) is 0 Å². The minimum Gasteiger partial charge on any atom is -0.313 e. The number of thiazole rings is 1. The van der Waals surface area contributed by atoms with Crippen LogP contribution in [-0.4, -0.2) is 20.7 Å². The number of hydrogen-bond acceptors (Lipinski definition) is 5. The van der Waals surface area contributed by atoms with Crippen molar-refractivity contribution in [2.75, 3.05) is 5.32 Å². The van der Waals surface area contributed by atoms with Crippen LogP contribution in [-0.2, 0) is 6.54 Å². The number of rotatable bonds is 5. The van der Waals surface area contributed by atoms with Crippen molar-refractivity contribution in [3.63, 3.8) is 0 Å². The Balaban J connectivity index is 1.60. The lowest BCUT2D eigenvalue weighted by molar-refractivity contribution is 0.101. The quantitative estimate of drug-likeness (QED) is 0.456. The van der Waals surface area contributed by atoms with Crippen molar-refractivity contribution in [3.8, 4) is 21.3 Å². The van der Waals surface area contributed by atoms with Gasteiger partial charge in [0.15, 0.2) is 0 Å². The van der Waals surface area contributed by atoms with E-state index in [9.17, 15) is 18.0 Å². The van der Waals surface area contributed by atoms with E-state index in [2.05, 4.69) is 15.4 Å². The van der Waals surface area contributed by atoms with Crippen LogP contribution in [0.5, 0.6) is 0 Å². The predicted octanol–water partition coefficient (Wildman–Crippen LogP) is 5.42. The molecule has 4 rings (SSSR count). The van der Waals surface area contributed by atoms with E-state index in [-0.39, 0.29) is 0 Å². The maximum absolute atomic E-state index is 13.8. The summed E-state index contributed by atoms with van der Waals surface area (Å²) in [5.74, 6) is -4.58. The molecule has 0 aliphatic rings. The molecule has 148 valence electrons. The van der Waals surface area contributed by atoms with Crippen molar-refractivity contribution in [2.24, 2.45) is 0 Å². The molecule has 4 aromatic rings. The molecular formula is C19H13F3N4OS2. The number of benzene rings is 1. The zero-order valence-corrected chi connectivity index (χ0v) is 16.6.